The molecule has 1 aliphatic rings. The smallest absolute Gasteiger partial charge is 0.0603 e. The summed E-state index contributed by atoms with van der Waals surface area (Å²) < 4.78 is 0. The first-order valence-corrected chi connectivity index (χ1v) is 6.28. The van der Waals surface area contributed by atoms with Gasteiger partial charge >= 0.3 is 0 Å². The predicted molar refractivity (Wildman–Crippen MR) is 68.6 cm³/mol. The van der Waals surface area contributed by atoms with Gasteiger partial charge in [-0.15, -0.1) is 0 Å². The number of hydrogen-bond acceptors (Lipinski definition) is 2. The molecule has 0 radical (unpaired) electrons. The number of aromatic nitrogens is 1. The standard InChI is InChI=1S/C14H22N2/c1-11-12(7-6-10-15-11)16-13-8-4-5-9-14(13,2)3/h6-7,10,13,16H,4-5,8-9H2,1-3H3. The Morgan fingerprint density at radius 1 is 1.38 bits per heavy atom. The summed E-state index contributed by atoms with van der Waals surface area (Å²) in [7, 11) is 0. The quantitative estimate of drug-likeness (QED) is 0.817. The first-order chi connectivity index (χ1) is 7.59. The zero-order valence-corrected chi connectivity index (χ0v) is 10.6. The molecule has 0 saturated heterocycles. The zero-order valence-electron chi connectivity index (χ0n) is 10.6. The Bertz CT molecular complexity index is 358. The van der Waals surface area contributed by atoms with Gasteiger partial charge in [0.05, 0.1) is 11.4 Å². The fourth-order valence-corrected chi connectivity index (χ4v) is 2.59. The van der Waals surface area contributed by atoms with Gasteiger partial charge in [0.2, 0.25) is 0 Å². The van der Waals surface area contributed by atoms with Crippen molar-refractivity contribution in [3.63, 3.8) is 0 Å². The van der Waals surface area contributed by atoms with Gasteiger partial charge in [0.25, 0.3) is 0 Å². The largest absolute Gasteiger partial charge is 0.380 e. The third-order valence-corrected chi connectivity index (χ3v) is 3.84. The molecule has 0 aromatic carbocycles. The number of nitrogens with zero attached hydrogens (tertiary/aromatic N) is 1. The van der Waals surface area contributed by atoms with Crippen LogP contribution in [0, 0.1) is 12.3 Å². The summed E-state index contributed by atoms with van der Waals surface area (Å²) >= 11 is 0. The molecule has 2 heteroatoms. The van der Waals surface area contributed by atoms with E-state index in [2.05, 4.69) is 37.1 Å². The van der Waals surface area contributed by atoms with E-state index in [4.69, 9.17) is 0 Å². The second kappa shape index (κ2) is 4.44. The van der Waals surface area contributed by atoms with Gasteiger partial charge in [0.15, 0.2) is 0 Å². The van der Waals surface area contributed by atoms with Gasteiger partial charge in [-0.05, 0) is 37.3 Å². The minimum absolute atomic E-state index is 0.403. The number of anilines is 1. The van der Waals surface area contributed by atoms with E-state index in [-0.39, 0.29) is 0 Å². The molecule has 0 bridgehead atoms. The molecule has 1 unspecified atom stereocenters. The van der Waals surface area contributed by atoms with Gasteiger partial charge in [0.1, 0.15) is 0 Å². The van der Waals surface area contributed by atoms with Gasteiger partial charge in [-0.2, -0.15) is 0 Å². The van der Waals surface area contributed by atoms with Crippen LogP contribution in [0.15, 0.2) is 18.3 Å². The second-order valence-corrected chi connectivity index (χ2v) is 5.57. The third-order valence-electron chi connectivity index (χ3n) is 3.84. The molecule has 0 spiro atoms. The van der Waals surface area contributed by atoms with Crippen molar-refractivity contribution in [2.75, 3.05) is 5.32 Å². The lowest BCUT2D eigenvalue weighted by Crippen LogP contribution is -2.39. The molecule has 0 aliphatic heterocycles. The van der Waals surface area contributed by atoms with Crippen LogP contribution in [0.2, 0.25) is 0 Å². The molecule has 1 heterocycles. The van der Waals surface area contributed by atoms with E-state index in [1.54, 1.807) is 0 Å². The SMILES string of the molecule is Cc1ncccc1NC1CCCCC1(C)C. The number of nitrogens with one attached hydrogen (secondary N) is 1. The number of rotatable bonds is 2. The maximum Gasteiger partial charge on any atom is 0.0603 e. The molecule has 1 saturated carbocycles. The summed E-state index contributed by atoms with van der Waals surface area (Å²) in [5.74, 6) is 0. The Kier molecular flexibility index (Phi) is 3.17. The maximum absolute atomic E-state index is 4.33. The van der Waals surface area contributed by atoms with Crippen LogP contribution in [-0.2, 0) is 0 Å². The van der Waals surface area contributed by atoms with Crippen molar-refractivity contribution >= 4 is 5.69 Å². The Morgan fingerprint density at radius 3 is 2.88 bits per heavy atom. The van der Waals surface area contributed by atoms with Crippen LogP contribution in [0.4, 0.5) is 5.69 Å². The molecule has 2 rings (SSSR count). The van der Waals surface area contributed by atoms with Crippen LogP contribution in [-0.4, -0.2) is 11.0 Å². The van der Waals surface area contributed by atoms with E-state index in [9.17, 15) is 0 Å². The summed E-state index contributed by atoms with van der Waals surface area (Å²) in [6, 6.07) is 4.72. The van der Waals surface area contributed by atoms with Gasteiger partial charge in [-0.1, -0.05) is 26.7 Å². The lowest BCUT2D eigenvalue weighted by atomic mass is 9.73. The van der Waals surface area contributed by atoms with Crippen LogP contribution in [0.3, 0.4) is 0 Å². The van der Waals surface area contributed by atoms with E-state index in [0.29, 0.717) is 11.5 Å². The van der Waals surface area contributed by atoms with Crippen LogP contribution in [0.1, 0.15) is 45.2 Å². The number of aryl methyl sites for hydroxylation is 1. The molecular formula is C14H22N2. The van der Waals surface area contributed by atoms with Crippen molar-refractivity contribution in [1.29, 1.82) is 0 Å². The third kappa shape index (κ3) is 2.37. The first kappa shape index (κ1) is 11.4. The normalized spacial score (nSPS) is 24.1. The van der Waals surface area contributed by atoms with Crippen LogP contribution in [0.5, 0.6) is 0 Å². The average molecular weight is 218 g/mol. The predicted octanol–water partition coefficient (Wildman–Crippen LogP) is 3.77. The number of hydrogen-bond donors (Lipinski definition) is 1. The monoisotopic (exact) mass is 218 g/mol. The summed E-state index contributed by atoms with van der Waals surface area (Å²) in [5, 5.41) is 3.68. The zero-order chi connectivity index (χ0) is 11.6. The first-order valence-electron chi connectivity index (χ1n) is 6.28. The summed E-state index contributed by atoms with van der Waals surface area (Å²) in [5.41, 5.74) is 2.70. The van der Waals surface area contributed by atoms with Crippen molar-refractivity contribution in [1.82, 2.24) is 4.98 Å². The molecule has 0 amide bonds. The highest BCUT2D eigenvalue weighted by Crippen LogP contribution is 2.37. The van der Waals surface area contributed by atoms with Crippen molar-refractivity contribution < 1.29 is 0 Å². The molecular weight excluding hydrogens is 196 g/mol. The molecule has 1 aliphatic carbocycles. The molecule has 2 nitrogen and oxygen atoms in total. The molecule has 1 aromatic heterocycles. The topological polar surface area (TPSA) is 24.9 Å². The van der Waals surface area contributed by atoms with Gasteiger partial charge in [0, 0.05) is 12.2 Å². The van der Waals surface area contributed by atoms with E-state index in [1.807, 2.05) is 12.3 Å². The van der Waals surface area contributed by atoms with Crippen molar-refractivity contribution in [2.24, 2.45) is 5.41 Å². The maximum atomic E-state index is 4.33. The van der Waals surface area contributed by atoms with Gasteiger partial charge in [-0.25, -0.2) is 0 Å². The molecule has 16 heavy (non-hydrogen) atoms. The van der Waals surface area contributed by atoms with E-state index in [1.165, 1.54) is 31.4 Å². The Labute approximate surface area is 98.5 Å². The fourth-order valence-electron chi connectivity index (χ4n) is 2.59. The Morgan fingerprint density at radius 2 is 2.19 bits per heavy atom. The fraction of sp³-hybridized carbons (Fsp3) is 0.643. The summed E-state index contributed by atoms with van der Waals surface area (Å²) in [6.07, 6.45) is 7.18. The lowest BCUT2D eigenvalue weighted by molar-refractivity contribution is 0.217. The molecule has 1 N–H and O–H groups in total. The highest BCUT2D eigenvalue weighted by atomic mass is 15.0. The highest BCUT2D eigenvalue weighted by Gasteiger charge is 2.32. The van der Waals surface area contributed by atoms with Crippen LogP contribution >= 0.6 is 0 Å². The highest BCUT2D eigenvalue weighted by molar-refractivity contribution is 5.47. The Hall–Kier alpha value is -1.05. The van der Waals surface area contributed by atoms with E-state index in [0.717, 1.165) is 5.69 Å². The molecule has 1 fully saturated rings. The van der Waals surface area contributed by atoms with Gasteiger partial charge < -0.3 is 5.32 Å². The second-order valence-electron chi connectivity index (χ2n) is 5.57. The van der Waals surface area contributed by atoms with Crippen molar-refractivity contribution in [2.45, 2.75) is 52.5 Å². The lowest BCUT2D eigenvalue weighted by Gasteiger charge is -2.39. The Balaban J connectivity index is 2.12. The van der Waals surface area contributed by atoms with Crippen LogP contribution in [0.25, 0.3) is 0 Å². The minimum atomic E-state index is 0.403. The molecule has 1 aromatic rings. The number of pyridine rings is 1. The van der Waals surface area contributed by atoms with Crippen molar-refractivity contribution in [3.8, 4) is 0 Å². The van der Waals surface area contributed by atoms with E-state index >= 15 is 0 Å². The van der Waals surface area contributed by atoms with Crippen LogP contribution < -0.4 is 5.32 Å². The average Bonchev–Trinajstić information content (AvgIpc) is 2.24. The summed E-state index contributed by atoms with van der Waals surface area (Å²) in [6.45, 7) is 6.81. The van der Waals surface area contributed by atoms with E-state index < -0.39 is 0 Å². The summed E-state index contributed by atoms with van der Waals surface area (Å²) in [4.78, 5) is 4.33. The van der Waals surface area contributed by atoms with Gasteiger partial charge in [-0.3, -0.25) is 4.98 Å². The molecule has 1 atom stereocenters. The minimum Gasteiger partial charge on any atom is -0.380 e. The molecule has 88 valence electrons. The van der Waals surface area contributed by atoms with Crippen molar-refractivity contribution in [3.05, 3.63) is 24.0 Å².